The van der Waals surface area contributed by atoms with Crippen molar-refractivity contribution in [1.29, 1.82) is 0 Å². The Morgan fingerprint density at radius 1 is 1.24 bits per heavy atom. The first kappa shape index (κ1) is 17.7. The molecule has 1 N–H and O–H groups in total. The molecule has 4 nitrogen and oxygen atoms in total. The van der Waals surface area contributed by atoms with Crippen LogP contribution in [-0.4, -0.2) is 43.6 Å². The number of carbonyl (C=O) groups is 1. The van der Waals surface area contributed by atoms with Crippen molar-refractivity contribution >= 4 is 18.3 Å². The molecule has 1 heterocycles. The summed E-state index contributed by atoms with van der Waals surface area (Å²) < 4.78 is 28.3. The van der Waals surface area contributed by atoms with E-state index < -0.39 is 6.61 Å². The fraction of sp³-hybridized carbons (Fsp3) is 0.500. The monoisotopic (exact) mass is 320 g/mol. The lowest BCUT2D eigenvalue weighted by Gasteiger charge is -2.27. The fourth-order valence-electron chi connectivity index (χ4n) is 2.16. The van der Waals surface area contributed by atoms with Gasteiger partial charge in [-0.3, -0.25) is 4.79 Å². The second kappa shape index (κ2) is 8.79. The van der Waals surface area contributed by atoms with Crippen molar-refractivity contribution in [2.24, 2.45) is 0 Å². The van der Waals surface area contributed by atoms with Crippen molar-refractivity contribution in [3.63, 3.8) is 0 Å². The lowest BCUT2D eigenvalue weighted by atomic mass is 10.1. The maximum absolute atomic E-state index is 12.0. The van der Waals surface area contributed by atoms with Crippen LogP contribution in [0, 0.1) is 0 Å². The van der Waals surface area contributed by atoms with Crippen LogP contribution in [0.3, 0.4) is 0 Å². The largest absolute Gasteiger partial charge is 0.435 e. The van der Waals surface area contributed by atoms with E-state index in [-0.39, 0.29) is 24.1 Å². The molecular weight excluding hydrogens is 302 g/mol. The van der Waals surface area contributed by atoms with Crippen LogP contribution >= 0.6 is 12.4 Å². The average molecular weight is 321 g/mol. The molecule has 1 aromatic rings. The molecule has 1 aliphatic rings. The molecule has 1 saturated heterocycles. The Bertz CT molecular complexity index is 437. The van der Waals surface area contributed by atoms with Gasteiger partial charge in [0, 0.05) is 32.6 Å². The third kappa shape index (κ3) is 5.85. The molecule has 1 amide bonds. The highest BCUT2D eigenvalue weighted by atomic mass is 35.5. The highest BCUT2D eigenvalue weighted by molar-refractivity contribution is 5.85. The van der Waals surface area contributed by atoms with Crippen LogP contribution in [0.2, 0.25) is 0 Å². The number of aryl methyl sites for hydroxylation is 1. The van der Waals surface area contributed by atoms with Crippen LogP contribution < -0.4 is 10.1 Å². The van der Waals surface area contributed by atoms with Gasteiger partial charge in [-0.15, -0.1) is 12.4 Å². The number of benzene rings is 1. The zero-order valence-corrected chi connectivity index (χ0v) is 12.4. The Morgan fingerprint density at radius 3 is 2.43 bits per heavy atom. The van der Waals surface area contributed by atoms with E-state index in [1.807, 2.05) is 4.90 Å². The summed E-state index contributed by atoms with van der Waals surface area (Å²) in [6, 6.07) is 6.42. The minimum atomic E-state index is -2.81. The summed E-state index contributed by atoms with van der Waals surface area (Å²) >= 11 is 0. The zero-order valence-electron chi connectivity index (χ0n) is 11.6. The molecule has 7 heteroatoms. The normalized spacial score (nSPS) is 14.7. The van der Waals surface area contributed by atoms with Gasteiger partial charge in [0.05, 0.1) is 0 Å². The molecule has 0 radical (unpaired) electrons. The molecule has 1 aromatic carbocycles. The standard InChI is InChI=1S/C14H18F2N2O2.ClH/c15-14(16)20-12-4-1-11(2-5-12)3-6-13(19)18-9-7-17-8-10-18;/h1-2,4-5,14,17H,3,6-10H2;1H. The van der Waals surface area contributed by atoms with Gasteiger partial charge in [0.25, 0.3) is 0 Å². The molecule has 2 rings (SSSR count). The number of carbonyl (C=O) groups excluding carboxylic acids is 1. The summed E-state index contributed by atoms with van der Waals surface area (Å²) in [5, 5.41) is 3.20. The molecule has 0 aromatic heterocycles. The topological polar surface area (TPSA) is 41.6 Å². The number of nitrogens with zero attached hydrogens (tertiary/aromatic N) is 1. The molecule has 0 unspecified atom stereocenters. The second-order valence-corrected chi connectivity index (χ2v) is 4.65. The number of hydrogen-bond donors (Lipinski definition) is 1. The van der Waals surface area contributed by atoms with Crippen molar-refractivity contribution in [3.8, 4) is 5.75 Å². The maximum Gasteiger partial charge on any atom is 0.387 e. The van der Waals surface area contributed by atoms with Gasteiger partial charge in [-0.05, 0) is 24.1 Å². The summed E-state index contributed by atoms with van der Waals surface area (Å²) in [4.78, 5) is 13.8. The minimum absolute atomic E-state index is 0. The predicted molar refractivity (Wildman–Crippen MR) is 78.1 cm³/mol. The minimum Gasteiger partial charge on any atom is -0.435 e. The number of rotatable bonds is 5. The number of hydrogen-bond acceptors (Lipinski definition) is 3. The predicted octanol–water partition coefficient (Wildman–Crippen LogP) is 2.07. The summed E-state index contributed by atoms with van der Waals surface area (Å²) in [5.74, 6) is 0.275. The van der Waals surface area contributed by atoms with Crippen molar-refractivity contribution in [1.82, 2.24) is 10.2 Å². The molecule has 21 heavy (non-hydrogen) atoms. The van der Waals surface area contributed by atoms with Gasteiger partial charge >= 0.3 is 6.61 Å². The molecule has 1 fully saturated rings. The SMILES string of the molecule is Cl.O=C(CCc1ccc(OC(F)F)cc1)N1CCNCC1. The third-order valence-corrected chi connectivity index (χ3v) is 3.25. The van der Waals surface area contributed by atoms with E-state index in [4.69, 9.17) is 0 Å². The first-order chi connectivity index (χ1) is 9.65. The molecule has 0 spiro atoms. The quantitative estimate of drug-likeness (QED) is 0.903. The van der Waals surface area contributed by atoms with E-state index in [9.17, 15) is 13.6 Å². The average Bonchev–Trinajstić information content (AvgIpc) is 2.46. The van der Waals surface area contributed by atoms with E-state index in [0.717, 1.165) is 31.7 Å². The highest BCUT2D eigenvalue weighted by Crippen LogP contribution is 2.16. The zero-order chi connectivity index (χ0) is 14.4. The Morgan fingerprint density at radius 2 is 1.86 bits per heavy atom. The van der Waals surface area contributed by atoms with Gasteiger partial charge in [-0.25, -0.2) is 0 Å². The van der Waals surface area contributed by atoms with Crippen LogP contribution in [0.5, 0.6) is 5.75 Å². The van der Waals surface area contributed by atoms with Crippen LogP contribution in [-0.2, 0) is 11.2 Å². The highest BCUT2D eigenvalue weighted by Gasteiger charge is 2.15. The third-order valence-electron chi connectivity index (χ3n) is 3.25. The van der Waals surface area contributed by atoms with E-state index in [1.165, 1.54) is 12.1 Å². The molecule has 0 aliphatic carbocycles. The number of alkyl halides is 2. The van der Waals surface area contributed by atoms with Crippen molar-refractivity contribution < 1.29 is 18.3 Å². The van der Waals surface area contributed by atoms with Crippen LogP contribution in [0.1, 0.15) is 12.0 Å². The summed E-state index contributed by atoms with van der Waals surface area (Å²) in [7, 11) is 0. The molecular formula is C14H19ClF2N2O2. The molecule has 118 valence electrons. The number of amides is 1. The molecule has 0 atom stereocenters. The number of piperazine rings is 1. The first-order valence-corrected chi connectivity index (χ1v) is 6.67. The van der Waals surface area contributed by atoms with Gasteiger partial charge in [0.2, 0.25) is 5.91 Å². The smallest absolute Gasteiger partial charge is 0.387 e. The number of nitrogens with one attached hydrogen (secondary N) is 1. The maximum atomic E-state index is 12.0. The Labute approximate surface area is 128 Å². The van der Waals surface area contributed by atoms with E-state index >= 15 is 0 Å². The summed E-state index contributed by atoms with van der Waals surface area (Å²) in [5.41, 5.74) is 0.940. The number of ether oxygens (including phenoxy) is 1. The fourth-order valence-corrected chi connectivity index (χ4v) is 2.16. The van der Waals surface area contributed by atoms with Crippen molar-refractivity contribution in [2.45, 2.75) is 19.5 Å². The van der Waals surface area contributed by atoms with Crippen molar-refractivity contribution in [3.05, 3.63) is 29.8 Å². The molecule has 0 bridgehead atoms. The second-order valence-electron chi connectivity index (χ2n) is 4.65. The number of halogens is 3. The van der Waals surface area contributed by atoms with Gasteiger partial charge in [-0.2, -0.15) is 8.78 Å². The summed E-state index contributed by atoms with van der Waals surface area (Å²) in [6.45, 7) is 0.367. The van der Waals surface area contributed by atoms with Gasteiger partial charge in [0.1, 0.15) is 5.75 Å². The van der Waals surface area contributed by atoms with Crippen LogP contribution in [0.15, 0.2) is 24.3 Å². The van der Waals surface area contributed by atoms with E-state index in [1.54, 1.807) is 12.1 Å². The Balaban J connectivity index is 0.00000220. The van der Waals surface area contributed by atoms with Gasteiger partial charge in [-0.1, -0.05) is 12.1 Å². The Kier molecular flexibility index (Phi) is 7.39. The van der Waals surface area contributed by atoms with E-state index in [2.05, 4.69) is 10.1 Å². The summed E-state index contributed by atoms with van der Waals surface area (Å²) in [6.07, 6.45) is 1.05. The van der Waals surface area contributed by atoms with Crippen molar-refractivity contribution in [2.75, 3.05) is 26.2 Å². The van der Waals surface area contributed by atoms with Gasteiger partial charge < -0.3 is 15.0 Å². The lowest BCUT2D eigenvalue weighted by Crippen LogP contribution is -2.46. The van der Waals surface area contributed by atoms with Crippen LogP contribution in [0.25, 0.3) is 0 Å². The first-order valence-electron chi connectivity index (χ1n) is 6.67. The van der Waals surface area contributed by atoms with Crippen LogP contribution in [0.4, 0.5) is 8.78 Å². The Hall–Kier alpha value is -1.40. The molecule has 1 aliphatic heterocycles. The molecule has 0 saturated carbocycles. The van der Waals surface area contributed by atoms with Gasteiger partial charge in [0.15, 0.2) is 0 Å². The lowest BCUT2D eigenvalue weighted by molar-refractivity contribution is -0.131. The van der Waals surface area contributed by atoms with E-state index in [0.29, 0.717) is 12.8 Å².